The summed E-state index contributed by atoms with van der Waals surface area (Å²) in [6.07, 6.45) is 1.41. The standard InChI is InChI=1S/C20H22N2O5S/c1-15-10-16(2)12-18(11-15)22-19(23)14-27-20(24)13-21-28(25,26)9-8-17-6-4-3-5-7-17/h3-12,21H,13-14H2,1-2H3,(H,22,23)/b9-8+. The molecule has 0 aromatic heterocycles. The van der Waals surface area contributed by atoms with Gasteiger partial charge in [0.05, 0.1) is 0 Å². The van der Waals surface area contributed by atoms with Crippen LogP contribution in [0.4, 0.5) is 5.69 Å². The molecule has 0 aliphatic heterocycles. The molecule has 28 heavy (non-hydrogen) atoms. The van der Waals surface area contributed by atoms with Gasteiger partial charge < -0.3 is 10.1 Å². The molecule has 0 atom stereocenters. The van der Waals surface area contributed by atoms with E-state index in [0.29, 0.717) is 11.3 Å². The first-order valence-corrected chi connectivity index (χ1v) is 10.0. The highest BCUT2D eigenvalue weighted by molar-refractivity contribution is 7.92. The highest BCUT2D eigenvalue weighted by Crippen LogP contribution is 2.13. The first kappa shape index (κ1) is 21.3. The van der Waals surface area contributed by atoms with E-state index >= 15 is 0 Å². The van der Waals surface area contributed by atoms with Crippen molar-refractivity contribution in [3.8, 4) is 0 Å². The van der Waals surface area contributed by atoms with Gasteiger partial charge in [0.15, 0.2) is 6.61 Å². The van der Waals surface area contributed by atoms with Gasteiger partial charge in [-0.15, -0.1) is 0 Å². The van der Waals surface area contributed by atoms with Gasteiger partial charge in [0.2, 0.25) is 10.0 Å². The lowest BCUT2D eigenvalue weighted by Crippen LogP contribution is -2.31. The summed E-state index contributed by atoms with van der Waals surface area (Å²) in [5.41, 5.74) is 3.29. The summed E-state index contributed by atoms with van der Waals surface area (Å²) in [6.45, 7) is 2.73. The third-order valence-corrected chi connectivity index (χ3v) is 4.57. The number of aryl methyl sites for hydroxylation is 2. The third kappa shape index (κ3) is 7.73. The van der Waals surface area contributed by atoms with Gasteiger partial charge in [-0.2, -0.15) is 0 Å². The minimum atomic E-state index is -3.80. The zero-order valence-electron chi connectivity index (χ0n) is 15.6. The van der Waals surface area contributed by atoms with Crippen LogP contribution in [0, 0.1) is 13.8 Å². The number of ether oxygens (including phenoxy) is 1. The topological polar surface area (TPSA) is 102 Å². The number of amides is 1. The Morgan fingerprint density at radius 3 is 2.32 bits per heavy atom. The number of sulfonamides is 1. The average molecular weight is 402 g/mol. The maximum atomic E-state index is 11.9. The Balaban J connectivity index is 1.77. The molecule has 0 saturated heterocycles. The summed E-state index contributed by atoms with van der Waals surface area (Å²) in [5, 5.41) is 3.58. The monoisotopic (exact) mass is 402 g/mol. The van der Waals surface area contributed by atoms with E-state index in [-0.39, 0.29) is 0 Å². The molecule has 0 fully saturated rings. The van der Waals surface area contributed by atoms with Gasteiger partial charge in [0.1, 0.15) is 6.54 Å². The van der Waals surface area contributed by atoms with E-state index in [1.807, 2.05) is 26.0 Å². The van der Waals surface area contributed by atoms with Crippen molar-refractivity contribution in [3.63, 3.8) is 0 Å². The molecule has 1 amide bonds. The summed E-state index contributed by atoms with van der Waals surface area (Å²) >= 11 is 0. The van der Waals surface area contributed by atoms with E-state index in [4.69, 9.17) is 4.74 Å². The van der Waals surface area contributed by atoms with Crippen molar-refractivity contribution < 1.29 is 22.7 Å². The Bertz CT molecular complexity index is 949. The van der Waals surface area contributed by atoms with Crippen LogP contribution >= 0.6 is 0 Å². The number of carbonyl (C=O) groups excluding carboxylic acids is 2. The lowest BCUT2D eigenvalue weighted by Gasteiger charge is -2.08. The molecule has 0 aliphatic carbocycles. The second kappa shape index (κ2) is 9.82. The third-order valence-electron chi connectivity index (χ3n) is 3.53. The number of carbonyl (C=O) groups is 2. The molecule has 0 radical (unpaired) electrons. The Morgan fingerprint density at radius 1 is 1.04 bits per heavy atom. The maximum Gasteiger partial charge on any atom is 0.321 e. The molecule has 0 bridgehead atoms. The maximum absolute atomic E-state index is 11.9. The number of hydrogen-bond acceptors (Lipinski definition) is 5. The van der Waals surface area contributed by atoms with E-state index in [1.54, 1.807) is 36.4 Å². The predicted molar refractivity (Wildman–Crippen MR) is 108 cm³/mol. The molecule has 2 aromatic carbocycles. The van der Waals surface area contributed by atoms with Crippen molar-refractivity contribution in [2.45, 2.75) is 13.8 Å². The second-order valence-electron chi connectivity index (χ2n) is 6.16. The van der Waals surface area contributed by atoms with Gasteiger partial charge in [-0.25, -0.2) is 13.1 Å². The zero-order chi connectivity index (χ0) is 20.6. The molecule has 148 valence electrons. The average Bonchev–Trinajstić information content (AvgIpc) is 2.63. The van der Waals surface area contributed by atoms with Gasteiger partial charge in [-0.05, 0) is 48.7 Å². The fourth-order valence-electron chi connectivity index (χ4n) is 2.38. The van der Waals surface area contributed by atoms with Crippen LogP contribution < -0.4 is 10.0 Å². The van der Waals surface area contributed by atoms with Crippen LogP contribution in [0.25, 0.3) is 6.08 Å². The minimum Gasteiger partial charge on any atom is -0.455 e. The molecular weight excluding hydrogens is 380 g/mol. The fourth-order valence-corrected chi connectivity index (χ4v) is 3.13. The molecule has 0 aliphatic rings. The lowest BCUT2D eigenvalue weighted by molar-refractivity contribution is -0.146. The number of rotatable bonds is 8. The van der Waals surface area contributed by atoms with Gasteiger partial charge in [-0.1, -0.05) is 36.4 Å². The quantitative estimate of drug-likeness (QED) is 0.660. The van der Waals surface area contributed by atoms with Crippen LogP contribution in [0.15, 0.2) is 53.9 Å². The molecule has 7 nitrogen and oxygen atoms in total. The summed E-state index contributed by atoms with van der Waals surface area (Å²) in [6, 6.07) is 14.4. The second-order valence-corrected chi connectivity index (χ2v) is 7.82. The van der Waals surface area contributed by atoms with Crippen molar-refractivity contribution in [2.75, 3.05) is 18.5 Å². The van der Waals surface area contributed by atoms with Crippen LogP contribution in [-0.4, -0.2) is 33.4 Å². The van der Waals surface area contributed by atoms with Crippen LogP contribution in [-0.2, 0) is 24.3 Å². The molecular formula is C20H22N2O5S. The highest BCUT2D eigenvalue weighted by Gasteiger charge is 2.12. The molecule has 0 spiro atoms. The Morgan fingerprint density at radius 2 is 1.68 bits per heavy atom. The number of hydrogen-bond donors (Lipinski definition) is 2. The van der Waals surface area contributed by atoms with E-state index in [2.05, 4.69) is 10.0 Å². The van der Waals surface area contributed by atoms with Gasteiger partial charge in [-0.3, -0.25) is 9.59 Å². The number of esters is 1. The van der Waals surface area contributed by atoms with Crippen LogP contribution in [0.3, 0.4) is 0 Å². The first-order chi connectivity index (χ1) is 13.2. The van der Waals surface area contributed by atoms with Gasteiger partial charge in [0, 0.05) is 11.1 Å². The van der Waals surface area contributed by atoms with Crippen LogP contribution in [0.2, 0.25) is 0 Å². The van der Waals surface area contributed by atoms with Gasteiger partial charge >= 0.3 is 5.97 Å². The fraction of sp³-hybridized carbons (Fsp3) is 0.200. The zero-order valence-corrected chi connectivity index (χ0v) is 16.5. The lowest BCUT2D eigenvalue weighted by atomic mass is 10.1. The Labute approximate surface area is 164 Å². The largest absolute Gasteiger partial charge is 0.455 e. The van der Waals surface area contributed by atoms with Crippen LogP contribution in [0.1, 0.15) is 16.7 Å². The molecule has 0 heterocycles. The van der Waals surface area contributed by atoms with Crippen molar-refractivity contribution in [3.05, 3.63) is 70.6 Å². The normalized spacial score (nSPS) is 11.4. The number of nitrogens with one attached hydrogen (secondary N) is 2. The number of anilines is 1. The summed E-state index contributed by atoms with van der Waals surface area (Å²) in [5.74, 6) is -1.36. The van der Waals surface area contributed by atoms with Crippen molar-refractivity contribution >= 4 is 33.7 Å². The predicted octanol–water partition coefficient (Wildman–Crippen LogP) is 2.38. The van der Waals surface area contributed by atoms with E-state index in [1.165, 1.54) is 6.08 Å². The molecule has 2 rings (SSSR count). The smallest absolute Gasteiger partial charge is 0.321 e. The van der Waals surface area contributed by atoms with E-state index < -0.39 is 35.1 Å². The van der Waals surface area contributed by atoms with E-state index in [9.17, 15) is 18.0 Å². The molecule has 0 unspecified atom stereocenters. The summed E-state index contributed by atoms with van der Waals surface area (Å²) < 4.78 is 30.6. The van der Waals surface area contributed by atoms with Crippen LogP contribution in [0.5, 0.6) is 0 Å². The molecule has 8 heteroatoms. The van der Waals surface area contributed by atoms with Crippen molar-refractivity contribution in [1.29, 1.82) is 0 Å². The number of benzene rings is 2. The summed E-state index contributed by atoms with van der Waals surface area (Å²) in [4.78, 5) is 23.5. The molecule has 2 aromatic rings. The van der Waals surface area contributed by atoms with E-state index in [0.717, 1.165) is 16.5 Å². The molecule has 0 saturated carbocycles. The molecule has 2 N–H and O–H groups in total. The van der Waals surface area contributed by atoms with Crippen molar-refractivity contribution in [2.24, 2.45) is 0 Å². The minimum absolute atomic E-state index is 0.507. The summed E-state index contributed by atoms with van der Waals surface area (Å²) in [7, 11) is -3.80. The van der Waals surface area contributed by atoms with Gasteiger partial charge in [0.25, 0.3) is 5.91 Å². The first-order valence-electron chi connectivity index (χ1n) is 8.50. The van der Waals surface area contributed by atoms with Crippen molar-refractivity contribution in [1.82, 2.24) is 4.72 Å². The Hall–Kier alpha value is -2.97. The highest BCUT2D eigenvalue weighted by atomic mass is 32.2. The SMILES string of the molecule is Cc1cc(C)cc(NC(=O)COC(=O)CNS(=O)(=O)/C=C/c2ccccc2)c1. The Kier molecular flexibility index (Phi) is 7.48.